The lowest BCUT2D eigenvalue weighted by atomic mass is 9.74. The third-order valence-electron chi connectivity index (χ3n) is 3.29. The molecule has 0 amide bonds. The summed E-state index contributed by atoms with van der Waals surface area (Å²) in [6.07, 6.45) is 0. The number of nitrogens with one attached hydrogen (secondary N) is 1. The summed E-state index contributed by atoms with van der Waals surface area (Å²) in [4.78, 5) is 22.9. The number of carbonyl (C=O) groups is 1. The van der Waals surface area contributed by atoms with E-state index in [0.717, 1.165) is 0 Å². The van der Waals surface area contributed by atoms with E-state index in [1.54, 1.807) is 27.7 Å². The zero-order chi connectivity index (χ0) is 14.8. The number of carboxylic acid groups (broad SMARTS) is 1. The number of nitrogens with zero attached hydrogens (tertiary/aromatic N) is 3. The molecule has 0 bridgehead atoms. The lowest BCUT2D eigenvalue weighted by molar-refractivity contribution is -0.149. The first-order chi connectivity index (χ1) is 8.60. The minimum atomic E-state index is -1.04. The fourth-order valence-electron chi connectivity index (χ4n) is 1.18. The summed E-state index contributed by atoms with van der Waals surface area (Å²) in [7, 11) is 1.40. The third-order valence-corrected chi connectivity index (χ3v) is 3.46. The Labute approximate surface area is 116 Å². The number of carboxylic acids is 1. The number of hydrogen-bond acceptors (Lipinski definition) is 6. The van der Waals surface area contributed by atoms with Crippen molar-refractivity contribution in [2.75, 3.05) is 12.4 Å². The van der Waals surface area contributed by atoms with Crippen LogP contribution in [0.2, 0.25) is 5.28 Å². The van der Waals surface area contributed by atoms with Crippen LogP contribution in [0.25, 0.3) is 0 Å². The number of anilines is 1. The minimum Gasteiger partial charge on any atom is -0.481 e. The summed E-state index contributed by atoms with van der Waals surface area (Å²) in [5, 5.41) is 12.2. The van der Waals surface area contributed by atoms with Crippen molar-refractivity contribution in [2.24, 2.45) is 5.41 Å². The zero-order valence-corrected chi connectivity index (χ0v) is 12.2. The van der Waals surface area contributed by atoms with Crippen LogP contribution in [-0.2, 0) is 4.79 Å². The van der Waals surface area contributed by atoms with Crippen molar-refractivity contribution in [3.63, 3.8) is 0 Å². The number of halogens is 1. The van der Waals surface area contributed by atoms with E-state index in [-0.39, 0.29) is 17.2 Å². The van der Waals surface area contributed by atoms with Crippen LogP contribution in [-0.4, -0.2) is 38.7 Å². The van der Waals surface area contributed by atoms with Gasteiger partial charge < -0.3 is 15.2 Å². The fraction of sp³-hybridized carbons (Fsp3) is 0.636. The Balaban J connectivity index is 3.07. The quantitative estimate of drug-likeness (QED) is 0.853. The minimum absolute atomic E-state index is 0.0294. The van der Waals surface area contributed by atoms with Crippen LogP contribution in [0, 0.1) is 5.41 Å². The molecule has 0 fully saturated rings. The average molecular weight is 289 g/mol. The van der Waals surface area contributed by atoms with Crippen molar-refractivity contribution < 1.29 is 14.6 Å². The predicted molar refractivity (Wildman–Crippen MR) is 70.5 cm³/mol. The summed E-state index contributed by atoms with van der Waals surface area (Å²) in [5.74, 6) is -0.770. The molecule has 0 aliphatic rings. The second-order valence-electron chi connectivity index (χ2n) is 5.09. The molecular weight excluding hydrogens is 272 g/mol. The van der Waals surface area contributed by atoms with Gasteiger partial charge in [0, 0.05) is 0 Å². The largest absolute Gasteiger partial charge is 0.481 e. The van der Waals surface area contributed by atoms with Gasteiger partial charge in [0.25, 0.3) is 0 Å². The van der Waals surface area contributed by atoms with Gasteiger partial charge >= 0.3 is 12.0 Å². The highest BCUT2D eigenvalue weighted by Gasteiger charge is 2.44. The molecule has 0 saturated carbocycles. The Morgan fingerprint density at radius 3 is 2.32 bits per heavy atom. The first kappa shape index (κ1) is 15.4. The summed E-state index contributed by atoms with van der Waals surface area (Å²) in [6.45, 7) is 6.71. The molecule has 1 aromatic heterocycles. The van der Waals surface area contributed by atoms with Gasteiger partial charge in [0.15, 0.2) is 0 Å². The van der Waals surface area contributed by atoms with Gasteiger partial charge in [-0.25, -0.2) is 0 Å². The SMILES string of the molecule is COc1nc(Cl)nc(NC(C)(C)C(C)(C)C(=O)O)n1. The van der Waals surface area contributed by atoms with Crippen molar-refractivity contribution in [3.05, 3.63) is 5.28 Å². The van der Waals surface area contributed by atoms with E-state index in [9.17, 15) is 9.90 Å². The zero-order valence-electron chi connectivity index (χ0n) is 11.5. The number of rotatable bonds is 5. The number of methoxy groups -OCH3 is 1. The molecule has 0 atom stereocenters. The fourth-order valence-corrected chi connectivity index (χ4v) is 1.33. The Hall–Kier alpha value is -1.63. The third kappa shape index (κ3) is 3.23. The van der Waals surface area contributed by atoms with Crippen LogP contribution in [0.5, 0.6) is 6.01 Å². The second kappa shape index (κ2) is 5.16. The summed E-state index contributed by atoms with van der Waals surface area (Å²) >= 11 is 5.74. The van der Waals surface area contributed by atoms with Crippen LogP contribution in [0.15, 0.2) is 0 Å². The summed E-state index contributed by atoms with van der Waals surface area (Å²) < 4.78 is 4.88. The molecule has 0 aromatic carbocycles. The molecule has 7 nitrogen and oxygen atoms in total. The lowest BCUT2D eigenvalue weighted by Gasteiger charge is -2.38. The molecule has 106 valence electrons. The van der Waals surface area contributed by atoms with Gasteiger partial charge in [0.2, 0.25) is 11.2 Å². The van der Waals surface area contributed by atoms with Crippen molar-refractivity contribution in [3.8, 4) is 6.01 Å². The smallest absolute Gasteiger partial charge is 0.322 e. The van der Waals surface area contributed by atoms with Gasteiger partial charge in [0.05, 0.1) is 18.1 Å². The van der Waals surface area contributed by atoms with Gasteiger partial charge in [-0.05, 0) is 39.3 Å². The molecule has 0 aliphatic carbocycles. The number of aliphatic carboxylic acids is 1. The van der Waals surface area contributed by atoms with Crippen molar-refractivity contribution in [1.29, 1.82) is 0 Å². The van der Waals surface area contributed by atoms with Crippen LogP contribution >= 0.6 is 11.6 Å². The van der Waals surface area contributed by atoms with Crippen molar-refractivity contribution in [2.45, 2.75) is 33.2 Å². The predicted octanol–water partition coefficient (Wildman–Crippen LogP) is 1.83. The number of aromatic nitrogens is 3. The molecule has 0 spiro atoms. The number of hydrogen-bond donors (Lipinski definition) is 2. The van der Waals surface area contributed by atoms with E-state index in [4.69, 9.17) is 16.3 Å². The van der Waals surface area contributed by atoms with E-state index in [1.807, 2.05) is 0 Å². The van der Waals surface area contributed by atoms with Crippen LogP contribution in [0.1, 0.15) is 27.7 Å². The van der Waals surface area contributed by atoms with Gasteiger partial charge in [-0.15, -0.1) is 0 Å². The van der Waals surface area contributed by atoms with E-state index in [1.165, 1.54) is 7.11 Å². The maximum atomic E-state index is 11.3. The van der Waals surface area contributed by atoms with Crippen LogP contribution in [0.3, 0.4) is 0 Å². The Kier molecular flexibility index (Phi) is 4.19. The molecule has 2 N–H and O–H groups in total. The lowest BCUT2D eigenvalue weighted by Crippen LogP contribution is -2.51. The molecule has 1 rings (SSSR count). The molecule has 0 aliphatic heterocycles. The molecule has 0 radical (unpaired) electrons. The maximum absolute atomic E-state index is 11.3. The highest BCUT2D eigenvalue weighted by Crippen LogP contribution is 2.33. The summed E-state index contributed by atoms with van der Waals surface area (Å²) in [5.41, 5.74) is -1.85. The molecule has 19 heavy (non-hydrogen) atoms. The molecular formula is C11H17ClN4O3. The molecule has 1 heterocycles. The van der Waals surface area contributed by atoms with E-state index < -0.39 is 16.9 Å². The highest BCUT2D eigenvalue weighted by molar-refractivity contribution is 6.28. The van der Waals surface area contributed by atoms with Crippen molar-refractivity contribution >= 4 is 23.5 Å². The Morgan fingerprint density at radius 1 is 1.26 bits per heavy atom. The highest BCUT2D eigenvalue weighted by atomic mass is 35.5. The van der Waals surface area contributed by atoms with Gasteiger partial charge in [-0.3, -0.25) is 4.79 Å². The molecule has 1 aromatic rings. The average Bonchev–Trinajstić information content (AvgIpc) is 2.26. The van der Waals surface area contributed by atoms with E-state index in [2.05, 4.69) is 20.3 Å². The maximum Gasteiger partial charge on any atom is 0.322 e. The topological polar surface area (TPSA) is 97.2 Å². The van der Waals surface area contributed by atoms with Gasteiger partial charge in [-0.1, -0.05) is 0 Å². The van der Waals surface area contributed by atoms with Gasteiger partial charge in [0.1, 0.15) is 0 Å². The standard InChI is InChI=1S/C11H17ClN4O3/c1-10(2,6(17)18)11(3,4)16-8-13-7(12)14-9(15-8)19-5/h1-5H3,(H,17,18)(H,13,14,15,16). The van der Waals surface area contributed by atoms with Crippen molar-refractivity contribution in [1.82, 2.24) is 15.0 Å². The Morgan fingerprint density at radius 2 is 1.84 bits per heavy atom. The van der Waals surface area contributed by atoms with Crippen LogP contribution < -0.4 is 10.1 Å². The van der Waals surface area contributed by atoms with Gasteiger partial charge in [-0.2, -0.15) is 15.0 Å². The second-order valence-corrected chi connectivity index (χ2v) is 5.43. The first-order valence-electron chi connectivity index (χ1n) is 5.57. The molecule has 8 heteroatoms. The molecule has 0 saturated heterocycles. The first-order valence-corrected chi connectivity index (χ1v) is 5.95. The van der Waals surface area contributed by atoms with Crippen LogP contribution in [0.4, 0.5) is 5.95 Å². The summed E-state index contributed by atoms with van der Waals surface area (Å²) in [6, 6.07) is 0.0615. The monoisotopic (exact) mass is 288 g/mol. The number of ether oxygens (including phenoxy) is 1. The molecule has 0 unspecified atom stereocenters. The van der Waals surface area contributed by atoms with E-state index in [0.29, 0.717) is 0 Å². The Bertz CT molecular complexity index is 491. The van der Waals surface area contributed by atoms with E-state index >= 15 is 0 Å². The normalized spacial score (nSPS) is 12.1.